The van der Waals surface area contributed by atoms with Gasteiger partial charge in [0.25, 0.3) is 0 Å². The highest BCUT2D eigenvalue weighted by Crippen LogP contribution is 2.34. The Morgan fingerprint density at radius 3 is 2.78 bits per heavy atom. The van der Waals surface area contributed by atoms with Crippen LogP contribution in [0.3, 0.4) is 0 Å². The second-order valence-electron chi connectivity index (χ2n) is 4.55. The molecular weight excluding hydrogens is 236 g/mol. The van der Waals surface area contributed by atoms with Crippen LogP contribution in [-0.4, -0.2) is 32.6 Å². The van der Waals surface area contributed by atoms with Gasteiger partial charge in [0.15, 0.2) is 0 Å². The van der Waals surface area contributed by atoms with E-state index in [9.17, 15) is 9.59 Å². The maximum absolute atomic E-state index is 11.7. The van der Waals surface area contributed by atoms with Crippen LogP contribution in [-0.2, 0) is 11.3 Å². The van der Waals surface area contributed by atoms with Crippen molar-refractivity contribution in [2.75, 3.05) is 0 Å². The van der Waals surface area contributed by atoms with E-state index in [-0.39, 0.29) is 12.5 Å². The van der Waals surface area contributed by atoms with Crippen LogP contribution in [0, 0.1) is 0 Å². The van der Waals surface area contributed by atoms with E-state index in [2.05, 4.69) is 20.6 Å². The fourth-order valence-corrected chi connectivity index (χ4v) is 2.08. The van der Waals surface area contributed by atoms with E-state index in [0.29, 0.717) is 25.2 Å². The molecule has 0 spiro atoms. The lowest BCUT2D eigenvalue weighted by Gasteiger charge is -2.41. The number of nitrogens with zero attached hydrogens (tertiary/aromatic N) is 1. The number of hydrogen-bond donors (Lipinski definition) is 4. The van der Waals surface area contributed by atoms with Crippen molar-refractivity contribution in [2.45, 2.75) is 37.8 Å². The van der Waals surface area contributed by atoms with Crippen molar-refractivity contribution < 1.29 is 14.7 Å². The van der Waals surface area contributed by atoms with E-state index in [1.807, 2.05) is 0 Å². The summed E-state index contributed by atoms with van der Waals surface area (Å²) in [6.07, 6.45) is 5.63. The molecule has 1 aromatic rings. The minimum Gasteiger partial charge on any atom is -0.481 e. The quantitative estimate of drug-likeness (QED) is 0.615. The lowest BCUT2D eigenvalue weighted by molar-refractivity contribution is -0.139. The van der Waals surface area contributed by atoms with Crippen LogP contribution in [0.5, 0.6) is 0 Å². The van der Waals surface area contributed by atoms with Crippen molar-refractivity contribution in [1.82, 2.24) is 20.6 Å². The van der Waals surface area contributed by atoms with Crippen LogP contribution in [0.4, 0.5) is 4.79 Å². The van der Waals surface area contributed by atoms with Gasteiger partial charge in [-0.05, 0) is 19.3 Å². The molecule has 7 heteroatoms. The molecule has 0 aromatic carbocycles. The maximum atomic E-state index is 11.7. The van der Waals surface area contributed by atoms with E-state index in [4.69, 9.17) is 5.11 Å². The van der Waals surface area contributed by atoms with Gasteiger partial charge in [-0.15, -0.1) is 0 Å². The predicted octanol–water partition coefficient (Wildman–Crippen LogP) is 0.606. The Kier molecular flexibility index (Phi) is 3.50. The number of aliphatic carboxylic acids is 1. The van der Waals surface area contributed by atoms with Crippen LogP contribution in [0.2, 0.25) is 0 Å². The first-order valence-corrected chi connectivity index (χ1v) is 5.86. The first-order chi connectivity index (χ1) is 8.60. The van der Waals surface area contributed by atoms with E-state index < -0.39 is 11.5 Å². The van der Waals surface area contributed by atoms with Crippen LogP contribution < -0.4 is 10.6 Å². The Hall–Kier alpha value is -2.05. The van der Waals surface area contributed by atoms with Gasteiger partial charge < -0.3 is 20.7 Å². The molecule has 1 saturated carbocycles. The molecule has 0 unspecified atom stereocenters. The zero-order valence-electron chi connectivity index (χ0n) is 9.90. The monoisotopic (exact) mass is 252 g/mol. The SMILES string of the molecule is O=C(O)CC1(NC(=O)NCc2ncc[nH]2)CCC1. The Balaban J connectivity index is 1.80. The summed E-state index contributed by atoms with van der Waals surface area (Å²) >= 11 is 0. The number of imidazole rings is 1. The highest BCUT2D eigenvalue weighted by molar-refractivity contribution is 5.77. The molecular formula is C11H16N4O3. The van der Waals surface area contributed by atoms with E-state index in [0.717, 1.165) is 6.42 Å². The summed E-state index contributed by atoms with van der Waals surface area (Å²) in [5.41, 5.74) is -0.570. The average Bonchev–Trinajstić information content (AvgIpc) is 2.75. The lowest BCUT2D eigenvalue weighted by Crippen LogP contribution is -2.57. The Bertz CT molecular complexity index is 426. The van der Waals surface area contributed by atoms with Gasteiger partial charge in [0, 0.05) is 12.4 Å². The summed E-state index contributed by atoms with van der Waals surface area (Å²) in [5.74, 6) is -0.230. The van der Waals surface area contributed by atoms with Gasteiger partial charge in [0.05, 0.1) is 18.5 Å². The zero-order chi connectivity index (χ0) is 13.0. The molecule has 1 heterocycles. The summed E-state index contributed by atoms with van der Waals surface area (Å²) in [6.45, 7) is 0.294. The van der Waals surface area contributed by atoms with Crippen molar-refractivity contribution in [1.29, 1.82) is 0 Å². The van der Waals surface area contributed by atoms with E-state index in [1.165, 1.54) is 0 Å². The van der Waals surface area contributed by atoms with Gasteiger partial charge in [-0.1, -0.05) is 0 Å². The standard InChI is InChI=1S/C11H16N4O3/c16-9(17)6-11(2-1-3-11)15-10(18)14-7-8-12-4-5-13-8/h4-5H,1-3,6-7H2,(H,12,13)(H,16,17)(H2,14,15,18). The normalized spacial score (nSPS) is 16.7. The predicted molar refractivity (Wildman–Crippen MR) is 62.8 cm³/mol. The summed E-state index contributed by atoms with van der Waals surface area (Å²) in [4.78, 5) is 29.3. The third-order valence-corrected chi connectivity index (χ3v) is 3.15. The van der Waals surface area contributed by atoms with E-state index >= 15 is 0 Å². The molecule has 4 N–H and O–H groups in total. The highest BCUT2D eigenvalue weighted by atomic mass is 16.4. The Labute approximate surface area is 104 Å². The number of carbonyl (C=O) groups is 2. The molecule has 1 fully saturated rings. The summed E-state index contributed by atoms with van der Waals surface area (Å²) in [6, 6.07) is -0.354. The van der Waals surface area contributed by atoms with Gasteiger partial charge in [0.1, 0.15) is 5.82 Å². The van der Waals surface area contributed by atoms with Crippen molar-refractivity contribution in [2.24, 2.45) is 0 Å². The molecule has 18 heavy (non-hydrogen) atoms. The summed E-state index contributed by atoms with van der Waals surface area (Å²) in [5, 5.41) is 14.2. The van der Waals surface area contributed by atoms with Gasteiger partial charge in [0.2, 0.25) is 0 Å². The Morgan fingerprint density at radius 2 is 2.28 bits per heavy atom. The molecule has 0 radical (unpaired) electrons. The van der Waals surface area contributed by atoms with Crippen molar-refractivity contribution in [3.63, 3.8) is 0 Å². The zero-order valence-corrected chi connectivity index (χ0v) is 9.90. The van der Waals surface area contributed by atoms with Gasteiger partial charge in [-0.2, -0.15) is 0 Å². The second-order valence-corrected chi connectivity index (χ2v) is 4.55. The minimum absolute atomic E-state index is 0.0266. The molecule has 1 aliphatic rings. The van der Waals surface area contributed by atoms with E-state index in [1.54, 1.807) is 12.4 Å². The fourth-order valence-electron chi connectivity index (χ4n) is 2.08. The molecule has 2 amide bonds. The molecule has 0 saturated heterocycles. The maximum Gasteiger partial charge on any atom is 0.315 e. The minimum atomic E-state index is -0.888. The lowest BCUT2D eigenvalue weighted by atomic mass is 9.74. The molecule has 98 valence electrons. The van der Waals surface area contributed by atoms with Crippen LogP contribution in [0.25, 0.3) is 0 Å². The van der Waals surface area contributed by atoms with Crippen LogP contribution in [0.1, 0.15) is 31.5 Å². The number of carboxylic acid groups (broad SMARTS) is 1. The van der Waals surface area contributed by atoms with Crippen LogP contribution in [0.15, 0.2) is 12.4 Å². The Morgan fingerprint density at radius 1 is 1.50 bits per heavy atom. The third kappa shape index (κ3) is 2.99. The number of urea groups is 1. The van der Waals surface area contributed by atoms with Crippen molar-refractivity contribution in [3.8, 4) is 0 Å². The molecule has 0 bridgehead atoms. The van der Waals surface area contributed by atoms with Crippen molar-refractivity contribution >= 4 is 12.0 Å². The number of nitrogens with one attached hydrogen (secondary N) is 3. The topological polar surface area (TPSA) is 107 Å². The highest BCUT2D eigenvalue weighted by Gasteiger charge is 2.40. The fraction of sp³-hybridized carbons (Fsp3) is 0.545. The number of aromatic nitrogens is 2. The summed E-state index contributed by atoms with van der Waals surface area (Å²) < 4.78 is 0. The number of aromatic amines is 1. The third-order valence-electron chi connectivity index (χ3n) is 3.15. The molecule has 7 nitrogen and oxygen atoms in total. The number of hydrogen-bond acceptors (Lipinski definition) is 3. The number of carbonyl (C=O) groups excluding carboxylic acids is 1. The first-order valence-electron chi connectivity index (χ1n) is 5.86. The largest absolute Gasteiger partial charge is 0.481 e. The van der Waals surface area contributed by atoms with Crippen LogP contribution >= 0.6 is 0 Å². The molecule has 0 atom stereocenters. The smallest absolute Gasteiger partial charge is 0.315 e. The van der Waals surface area contributed by atoms with Gasteiger partial charge in [-0.25, -0.2) is 9.78 Å². The first kappa shape index (κ1) is 12.4. The second kappa shape index (κ2) is 5.07. The molecule has 0 aliphatic heterocycles. The molecule has 1 aliphatic carbocycles. The average molecular weight is 252 g/mol. The van der Waals surface area contributed by atoms with Gasteiger partial charge in [-0.3, -0.25) is 4.79 Å². The molecule has 1 aromatic heterocycles. The van der Waals surface area contributed by atoms with Crippen molar-refractivity contribution in [3.05, 3.63) is 18.2 Å². The number of rotatable bonds is 5. The number of H-pyrrole nitrogens is 1. The summed E-state index contributed by atoms with van der Waals surface area (Å²) in [7, 11) is 0. The van der Waals surface area contributed by atoms with Gasteiger partial charge >= 0.3 is 12.0 Å². The molecule has 2 rings (SSSR count). The number of amides is 2. The number of carboxylic acids is 1.